The number of aromatic amines is 1. The van der Waals surface area contributed by atoms with E-state index in [-0.39, 0.29) is 12.0 Å². The van der Waals surface area contributed by atoms with Crippen molar-refractivity contribution in [3.63, 3.8) is 0 Å². The van der Waals surface area contributed by atoms with Gasteiger partial charge in [-0.05, 0) is 44.4 Å². The molecule has 3 aromatic rings. The summed E-state index contributed by atoms with van der Waals surface area (Å²) >= 11 is 0. The topological polar surface area (TPSA) is 92.4 Å². The van der Waals surface area contributed by atoms with Gasteiger partial charge in [0.2, 0.25) is 5.88 Å². The Kier molecular flexibility index (Phi) is 5.39. The summed E-state index contributed by atoms with van der Waals surface area (Å²) < 4.78 is 11.4. The molecule has 148 valence electrons. The van der Waals surface area contributed by atoms with Crippen molar-refractivity contribution in [3.05, 3.63) is 35.5 Å². The Labute approximate surface area is 163 Å². The number of H-pyrrole nitrogens is 1. The van der Waals surface area contributed by atoms with Gasteiger partial charge in [0.05, 0.1) is 18.8 Å². The normalized spacial score (nSPS) is 11.0. The molecule has 0 fully saturated rings. The Morgan fingerprint density at radius 3 is 2.50 bits per heavy atom. The van der Waals surface area contributed by atoms with E-state index in [4.69, 9.17) is 9.47 Å². The van der Waals surface area contributed by atoms with E-state index in [9.17, 15) is 4.79 Å². The number of fused-ring (bicyclic) bond motifs is 1. The minimum atomic E-state index is -0.140. The molecule has 0 radical (unpaired) electrons. The number of amides is 1. The molecule has 1 amide bonds. The van der Waals surface area contributed by atoms with Gasteiger partial charge in [0, 0.05) is 31.2 Å². The summed E-state index contributed by atoms with van der Waals surface area (Å²) in [5, 5.41) is 11.8. The number of rotatable bonds is 6. The van der Waals surface area contributed by atoms with Gasteiger partial charge in [0.25, 0.3) is 5.91 Å². The molecule has 0 saturated heterocycles. The second-order valence-electron chi connectivity index (χ2n) is 7.01. The number of nitrogens with zero attached hydrogens (tertiary/aromatic N) is 3. The summed E-state index contributed by atoms with van der Waals surface area (Å²) in [4.78, 5) is 18.7. The van der Waals surface area contributed by atoms with Crippen LogP contribution in [0.5, 0.6) is 11.6 Å². The Balaban J connectivity index is 2.16. The number of carbonyl (C=O) groups is 1. The SMILES string of the molecule is COc1cc2c(OC(C)C)nc(Nc3cc(C)[nH]n3)cc2cc1C(=O)N(C)C. The molecule has 2 N–H and O–H groups in total. The minimum absolute atomic E-state index is 0.0624. The summed E-state index contributed by atoms with van der Waals surface area (Å²) in [6.07, 6.45) is -0.0624. The molecule has 2 heterocycles. The third-order valence-corrected chi connectivity index (χ3v) is 4.06. The van der Waals surface area contributed by atoms with Crippen LogP contribution in [0.1, 0.15) is 29.9 Å². The van der Waals surface area contributed by atoms with E-state index in [1.165, 1.54) is 4.90 Å². The molecule has 0 aliphatic carbocycles. The average molecular weight is 383 g/mol. The van der Waals surface area contributed by atoms with Gasteiger partial charge in [-0.2, -0.15) is 10.1 Å². The third kappa shape index (κ3) is 4.00. The maximum absolute atomic E-state index is 12.6. The van der Waals surface area contributed by atoms with Gasteiger partial charge in [0.15, 0.2) is 5.82 Å². The Hall–Kier alpha value is -3.29. The summed E-state index contributed by atoms with van der Waals surface area (Å²) in [6.45, 7) is 5.79. The standard InChI is InChI=1S/C20H25N5O3/c1-11(2)28-19-14-10-16(27-6)15(20(26)25(4)5)8-13(14)9-17(22-19)21-18-7-12(3)23-24-18/h7-11H,1-6H3,(H2,21,22,23,24). The lowest BCUT2D eigenvalue weighted by atomic mass is 10.1. The smallest absolute Gasteiger partial charge is 0.257 e. The molecule has 8 heteroatoms. The van der Waals surface area contributed by atoms with E-state index >= 15 is 0 Å². The van der Waals surface area contributed by atoms with Crippen molar-refractivity contribution < 1.29 is 14.3 Å². The van der Waals surface area contributed by atoms with Gasteiger partial charge in [-0.25, -0.2) is 0 Å². The lowest BCUT2D eigenvalue weighted by Gasteiger charge is -2.17. The first-order chi connectivity index (χ1) is 13.3. The lowest BCUT2D eigenvalue weighted by molar-refractivity contribution is 0.0824. The fourth-order valence-corrected chi connectivity index (χ4v) is 2.82. The molecular weight excluding hydrogens is 358 g/mol. The van der Waals surface area contributed by atoms with E-state index in [2.05, 4.69) is 20.5 Å². The van der Waals surface area contributed by atoms with E-state index in [0.717, 1.165) is 16.5 Å². The van der Waals surface area contributed by atoms with Crippen LogP contribution in [0, 0.1) is 6.92 Å². The van der Waals surface area contributed by atoms with Gasteiger partial charge in [0.1, 0.15) is 11.6 Å². The number of nitrogens with one attached hydrogen (secondary N) is 2. The van der Waals surface area contributed by atoms with Crippen molar-refractivity contribution in [2.75, 3.05) is 26.5 Å². The van der Waals surface area contributed by atoms with Gasteiger partial charge in [-0.1, -0.05) is 0 Å². The van der Waals surface area contributed by atoms with Gasteiger partial charge >= 0.3 is 0 Å². The maximum atomic E-state index is 12.6. The quantitative estimate of drug-likeness (QED) is 0.677. The van der Waals surface area contributed by atoms with E-state index in [1.807, 2.05) is 32.9 Å². The highest BCUT2D eigenvalue weighted by molar-refractivity contribution is 6.03. The highest BCUT2D eigenvalue weighted by Crippen LogP contribution is 2.34. The molecule has 0 aliphatic rings. The second kappa shape index (κ2) is 7.75. The molecule has 0 spiro atoms. The molecule has 0 atom stereocenters. The van der Waals surface area contributed by atoms with Crippen LogP contribution in [0.15, 0.2) is 24.3 Å². The highest BCUT2D eigenvalue weighted by Gasteiger charge is 2.19. The number of aromatic nitrogens is 3. The van der Waals surface area contributed by atoms with Crippen LogP contribution >= 0.6 is 0 Å². The molecule has 8 nitrogen and oxygen atoms in total. The largest absolute Gasteiger partial charge is 0.496 e. The van der Waals surface area contributed by atoms with Crippen LogP contribution in [-0.4, -0.2) is 53.3 Å². The second-order valence-corrected chi connectivity index (χ2v) is 7.01. The first kappa shape index (κ1) is 19.5. The number of pyridine rings is 1. The summed E-state index contributed by atoms with van der Waals surface area (Å²) in [5.74, 6) is 2.02. The summed E-state index contributed by atoms with van der Waals surface area (Å²) in [7, 11) is 4.96. The zero-order valence-electron chi connectivity index (χ0n) is 17.0. The zero-order chi connectivity index (χ0) is 20.4. The number of methoxy groups -OCH3 is 1. The molecule has 0 bridgehead atoms. The van der Waals surface area contributed by atoms with Crippen LogP contribution in [0.4, 0.5) is 11.6 Å². The predicted octanol–water partition coefficient (Wildman–Crippen LogP) is 3.51. The van der Waals surface area contributed by atoms with Crippen LogP contribution in [0.25, 0.3) is 10.8 Å². The average Bonchev–Trinajstić information content (AvgIpc) is 3.04. The molecule has 2 aromatic heterocycles. The van der Waals surface area contributed by atoms with Gasteiger partial charge in [-0.3, -0.25) is 9.89 Å². The molecule has 0 saturated carbocycles. The zero-order valence-corrected chi connectivity index (χ0v) is 17.0. The Bertz CT molecular complexity index is 1010. The lowest BCUT2D eigenvalue weighted by Crippen LogP contribution is -2.22. The fourth-order valence-electron chi connectivity index (χ4n) is 2.82. The number of benzene rings is 1. The number of anilines is 2. The van der Waals surface area contributed by atoms with Crippen molar-refractivity contribution in [3.8, 4) is 11.6 Å². The molecule has 28 heavy (non-hydrogen) atoms. The highest BCUT2D eigenvalue weighted by atomic mass is 16.5. The first-order valence-corrected chi connectivity index (χ1v) is 8.98. The van der Waals surface area contributed by atoms with Crippen LogP contribution in [0.3, 0.4) is 0 Å². The van der Waals surface area contributed by atoms with Crippen molar-refractivity contribution in [1.29, 1.82) is 0 Å². The molecule has 0 aliphatic heterocycles. The summed E-state index contributed by atoms with van der Waals surface area (Å²) in [5.41, 5.74) is 1.41. The van der Waals surface area contributed by atoms with Crippen molar-refractivity contribution in [2.24, 2.45) is 0 Å². The van der Waals surface area contributed by atoms with Crippen LogP contribution < -0.4 is 14.8 Å². The first-order valence-electron chi connectivity index (χ1n) is 8.98. The predicted molar refractivity (Wildman–Crippen MR) is 109 cm³/mol. The number of hydrogen-bond acceptors (Lipinski definition) is 6. The monoisotopic (exact) mass is 383 g/mol. The summed E-state index contributed by atoms with van der Waals surface area (Å²) in [6, 6.07) is 7.33. The van der Waals surface area contributed by atoms with Crippen molar-refractivity contribution in [1.82, 2.24) is 20.1 Å². The Morgan fingerprint density at radius 2 is 1.93 bits per heavy atom. The van der Waals surface area contributed by atoms with E-state index in [0.29, 0.717) is 28.8 Å². The van der Waals surface area contributed by atoms with Crippen LogP contribution in [0.2, 0.25) is 0 Å². The molecular formula is C20H25N5O3. The maximum Gasteiger partial charge on any atom is 0.257 e. The minimum Gasteiger partial charge on any atom is -0.496 e. The van der Waals surface area contributed by atoms with Gasteiger partial charge < -0.3 is 19.7 Å². The number of aryl methyl sites for hydroxylation is 1. The number of hydrogen-bond donors (Lipinski definition) is 2. The van der Waals surface area contributed by atoms with Crippen LogP contribution in [-0.2, 0) is 0 Å². The van der Waals surface area contributed by atoms with E-state index in [1.54, 1.807) is 33.3 Å². The van der Waals surface area contributed by atoms with Crippen molar-refractivity contribution >= 4 is 28.3 Å². The molecule has 0 unspecified atom stereocenters. The third-order valence-electron chi connectivity index (χ3n) is 4.06. The Morgan fingerprint density at radius 1 is 1.18 bits per heavy atom. The molecule has 3 rings (SSSR count). The molecule has 1 aromatic carbocycles. The number of carbonyl (C=O) groups excluding carboxylic acids is 1. The fraction of sp³-hybridized carbons (Fsp3) is 0.350. The van der Waals surface area contributed by atoms with Gasteiger partial charge in [-0.15, -0.1) is 0 Å². The number of ether oxygens (including phenoxy) is 2. The van der Waals surface area contributed by atoms with E-state index < -0.39 is 0 Å². The van der Waals surface area contributed by atoms with Crippen molar-refractivity contribution in [2.45, 2.75) is 26.9 Å².